The van der Waals surface area contributed by atoms with E-state index in [1.54, 1.807) is 36.4 Å². The van der Waals surface area contributed by atoms with Gasteiger partial charge in [-0.2, -0.15) is 0 Å². The number of sulfonamides is 1. The zero-order chi connectivity index (χ0) is 18.7. The van der Waals surface area contributed by atoms with E-state index in [-0.39, 0.29) is 6.54 Å². The first-order chi connectivity index (χ1) is 12.4. The average molecular weight is 389 g/mol. The highest BCUT2D eigenvalue weighted by Crippen LogP contribution is 2.28. The van der Waals surface area contributed by atoms with Crippen LogP contribution < -0.4 is 9.62 Å². The van der Waals surface area contributed by atoms with Gasteiger partial charge in [-0.1, -0.05) is 60.1 Å². The summed E-state index contributed by atoms with van der Waals surface area (Å²) in [4.78, 5) is 12.5. The molecule has 0 aromatic heterocycles. The van der Waals surface area contributed by atoms with Crippen LogP contribution in [-0.2, 0) is 14.8 Å². The molecule has 0 fully saturated rings. The minimum absolute atomic E-state index is 0.349. The van der Waals surface area contributed by atoms with Crippen LogP contribution in [0.1, 0.15) is 0 Å². The topological polar surface area (TPSA) is 66.5 Å². The van der Waals surface area contributed by atoms with Gasteiger partial charge in [0, 0.05) is 5.39 Å². The number of anilines is 2. The van der Waals surface area contributed by atoms with E-state index in [1.165, 1.54) is 0 Å². The summed E-state index contributed by atoms with van der Waals surface area (Å²) in [6.07, 6.45) is 1.08. The number of fused-ring (bicyclic) bond motifs is 1. The van der Waals surface area contributed by atoms with Crippen molar-refractivity contribution in [3.63, 3.8) is 0 Å². The first-order valence-corrected chi connectivity index (χ1v) is 10.1. The predicted octanol–water partition coefficient (Wildman–Crippen LogP) is 3.90. The summed E-state index contributed by atoms with van der Waals surface area (Å²) in [6, 6.07) is 19.6. The second kappa shape index (κ2) is 7.35. The highest BCUT2D eigenvalue weighted by Gasteiger charge is 2.22. The number of halogens is 1. The van der Waals surface area contributed by atoms with Crippen LogP contribution in [0, 0.1) is 0 Å². The maximum absolute atomic E-state index is 12.5. The van der Waals surface area contributed by atoms with Crippen LogP contribution in [0.25, 0.3) is 10.8 Å². The van der Waals surface area contributed by atoms with Gasteiger partial charge in [-0.15, -0.1) is 0 Å². The summed E-state index contributed by atoms with van der Waals surface area (Å²) in [6.45, 7) is -0.349. The molecule has 0 saturated carbocycles. The number of benzene rings is 3. The highest BCUT2D eigenvalue weighted by molar-refractivity contribution is 7.92. The van der Waals surface area contributed by atoms with Crippen molar-refractivity contribution < 1.29 is 13.2 Å². The second-order valence-electron chi connectivity index (χ2n) is 5.80. The highest BCUT2D eigenvalue weighted by atomic mass is 35.5. The monoisotopic (exact) mass is 388 g/mol. The van der Waals surface area contributed by atoms with Crippen molar-refractivity contribution in [2.24, 2.45) is 0 Å². The molecule has 0 atom stereocenters. The number of nitrogens with one attached hydrogen (secondary N) is 1. The molecule has 0 heterocycles. The van der Waals surface area contributed by atoms with Crippen molar-refractivity contribution in [1.82, 2.24) is 0 Å². The molecule has 3 aromatic rings. The van der Waals surface area contributed by atoms with Gasteiger partial charge >= 0.3 is 0 Å². The largest absolute Gasteiger partial charge is 0.323 e. The van der Waals surface area contributed by atoms with Crippen molar-refractivity contribution in [2.75, 3.05) is 22.4 Å². The molecule has 0 saturated heterocycles. The molecule has 1 amide bonds. The lowest BCUT2D eigenvalue weighted by atomic mass is 10.1. The van der Waals surface area contributed by atoms with Gasteiger partial charge < -0.3 is 5.32 Å². The molecular weight excluding hydrogens is 372 g/mol. The number of amides is 1. The van der Waals surface area contributed by atoms with Crippen molar-refractivity contribution in [3.8, 4) is 0 Å². The van der Waals surface area contributed by atoms with Crippen LogP contribution in [-0.4, -0.2) is 27.1 Å². The standard InChI is InChI=1S/C19H17ClN2O3S/c1-26(24,25)22(13-19(23)21-17-11-5-4-10-16(17)20)18-12-6-8-14-7-2-3-9-15(14)18/h2-12H,13H2,1H3,(H,21,23). The van der Waals surface area contributed by atoms with E-state index in [0.717, 1.165) is 21.3 Å². The fourth-order valence-corrected chi connectivity index (χ4v) is 3.74. The lowest BCUT2D eigenvalue weighted by Gasteiger charge is -2.23. The Bertz CT molecular complexity index is 1060. The number of carbonyl (C=O) groups is 1. The average Bonchev–Trinajstić information content (AvgIpc) is 2.60. The number of rotatable bonds is 5. The molecule has 0 radical (unpaired) electrons. The van der Waals surface area contributed by atoms with Gasteiger partial charge in [0.05, 0.1) is 22.7 Å². The van der Waals surface area contributed by atoms with Crippen LogP contribution in [0.5, 0.6) is 0 Å². The molecule has 134 valence electrons. The van der Waals surface area contributed by atoms with Crippen LogP contribution >= 0.6 is 11.6 Å². The quantitative estimate of drug-likeness (QED) is 0.720. The van der Waals surface area contributed by atoms with Crippen LogP contribution in [0.15, 0.2) is 66.7 Å². The van der Waals surface area contributed by atoms with E-state index in [9.17, 15) is 13.2 Å². The van der Waals surface area contributed by atoms with E-state index in [2.05, 4.69) is 5.32 Å². The maximum Gasteiger partial charge on any atom is 0.245 e. The zero-order valence-electron chi connectivity index (χ0n) is 14.0. The Morgan fingerprint density at radius 2 is 1.65 bits per heavy atom. The van der Waals surface area contributed by atoms with E-state index in [0.29, 0.717) is 16.4 Å². The minimum atomic E-state index is -3.67. The number of para-hydroxylation sites is 1. The van der Waals surface area contributed by atoms with E-state index in [1.807, 2.05) is 30.3 Å². The van der Waals surface area contributed by atoms with Gasteiger partial charge in [0.15, 0.2) is 0 Å². The Balaban J connectivity index is 1.95. The Labute approximate surface area is 157 Å². The summed E-state index contributed by atoms with van der Waals surface area (Å²) < 4.78 is 25.8. The molecule has 0 bridgehead atoms. The smallest absolute Gasteiger partial charge is 0.245 e. The molecule has 0 aliphatic rings. The molecule has 7 heteroatoms. The van der Waals surface area contributed by atoms with Crippen molar-refractivity contribution >= 4 is 49.7 Å². The Hall–Kier alpha value is -2.57. The molecule has 3 rings (SSSR count). The van der Waals surface area contributed by atoms with Gasteiger partial charge in [0.25, 0.3) is 0 Å². The summed E-state index contributed by atoms with van der Waals surface area (Å²) >= 11 is 6.04. The van der Waals surface area contributed by atoms with Crippen molar-refractivity contribution in [3.05, 3.63) is 71.8 Å². The maximum atomic E-state index is 12.5. The van der Waals surface area contributed by atoms with Gasteiger partial charge in [0.2, 0.25) is 15.9 Å². The van der Waals surface area contributed by atoms with E-state index < -0.39 is 15.9 Å². The number of carbonyl (C=O) groups excluding carboxylic acids is 1. The first-order valence-electron chi connectivity index (χ1n) is 7.86. The van der Waals surface area contributed by atoms with Gasteiger partial charge in [-0.3, -0.25) is 9.10 Å². The lowest BCUT2D eigenvalue weighted by Crippen LogP contribution is -2.37. The molecule has 0 aliphatic heterocycles. The molecular formula is C19H17ClN2O3S. The fourth-order valence-electron chi connectivity index (χ4n) is 2.69. The molecule has 0 unspecified atom stereocenters. The van der Waals surface area contributed by atoms with Gasteiger partial charge in [-0.25, -0.2) is 8.42 Å². The summed E-state index contributed by atoms with van der Waals surface area (Å²) in [5.74, 6) is -0.476. The second-order valence-corrected chi connectivity index (χ2v) is 8.11. The Morgan fingerprint density at radius 3 is 2.38 bits per heavy atom. The third kappa shape index (κ3) is 3.98. The van der Waals surface area contributed by atoms with Crippen LogP contribution in [0.4, 0.5) is 11.4 Å². The Morgan fingerprint density at radius 1 is 1.00 bits per heavy atom. The number of hydrogen-bond acceptors (Lipinski definition) is 3. The SMILES string of the molecule is CS(=O)(=O)N(CC(=O)Nc1ccccc1Cl)c1cccc2ccccc12. The predicted molar refractivity (Wildman–Crippen MR) is 106 cm³/mol. The minimum Gasteiger partial charge on any atom is -0.323 e. The summed E-state index contributed by atoms with van der Waals surface area (Å²) in [5, 5.41) is 4.69. The third-order valence-electron chi connectivity index (χ3n) is 3.87. The number of hydrogen-bond donors (Lipinski definition) is 1. The van der Waals surface area contributed by atoms with Crippen molar-refractivity contribution in [2.45, 2.75) is 0 Å². The molecule has 3 aromatic carbocycles. The fraction of sp³-hybridized carbons (Fsp3) is 0.105. The molecule has 0 aliphatic carbocycles. The van der Waals surface area contributed by atoms with Gasteiger partial charge in [0.1, 0.15) is 6.54 Å². The lowest BCUT2D eigenvalue weighted by molar-refractivity contribution is -0.114. The molecule has 0 spiro atoms. The van der Waals surface area contributed by atoms with E-state index in [4.69, 9.17) is 11.6 Å². The zero-order valence-corrected chi connectivity index (χ0v) is 15.6. The summed E-state index contributed by atoms with van der Waals surface area (Å²) in [5.41, 5.74) is 0.894. The van der Waals surface area contributed by atoms with E-state index >= 15 is 0 Å². The van der Waals surface area contributed by atoms with Crippen molar-refractivity contribution in [1.29, 1.82) is 0 Å². The molecule has 5 nitrogen and oxygen atoms in total. The molecule has 26 heavy (non-hydrogen) atoms. The molecule has 1 N–H and O–H groups in total. The number of nitrogens with zero attached hydrogens (tertiary/aromatic N) is 1. The first kappa shape index (κ1) is 18.2. The van der Waals surface area contributed by atoms with Crippen LogP contribution in [0.2, 0.25) is 5.02 Å². The van der Waals surface area contributed by atoms with Gasteiger partial charge in [-0.05, 0) is 23.6 Å². The van der Waals surface area contributed by atoms with Crippen LogP contribution in [0.3, 0.4) is 0 Å². The Kier molecular flexibility index (Phi) is 5.15. The normalized spacial score (nSPS) is 11.3. The summed E-state index contributed by atoms with van der Waals surface area (Å²) in [7, 11) is -3.67. The third-order valence-corrected chi connectivity index (χ3v) is 5.33.